The topological polar surface area (TPSA) is 136 Å². The zero-order chi connectivity index (χ0) is 24.2. The fourth-order valence-electron chi connectivity index (χ4n) is 3.34. The zero-order valence-electron chi connectivity index (χ0n) is 18.5. The van der Waals surface area contributed by atoms with Gasteiger partial charge in [0.05, 0.1) is 6.10 Å². The maximum Gasteiger partial charge on any atom is 0.246 e. The SMILES string of the molecule is CO.NC(=O)C1CC(O)CC(N(CCSc2ccc(O)cc2)CCSc2ccc(O)cc2)O1. The van der Waals surface area contributed by atoms with Gasteiger partial charge in [0.15, 0.2) is 0 Å². The van der Waals surface area contributed by atoms with Gasteiger partial charge in [-0.05, 0) is 48.5 Å². The number of aliphatic hydroxyl groups excluding tert-OH is 2. The molecule has 1 heterocycles. The number of amides is 1. The molecule has 10 heteroatoms. The van der Waals surface area contributed by atoms with Crippen LogP contribution in [0.15, 0.2) is 58.3 Å². The van der Waals surface area contributed by atoms with Crippen LogP contribution in [-0.2, 0) is 9.53 Å². The molecule has 33 heavy (non-hydrogen) atoms. The van der Waals surface area contributed by atoms with E-state index in [2.05, 4.69) is 4.90 Å². The number of benzene rings is 2. The summed E-state index contributed by atoms with van der Waals surface area (Å²) >= 11 is 3.33. The van der Waals surface area contributed by atoms with Crippen LogP contribution in [0, 0.1) is 0 Å². The Balaban J connectivity index is 0.00000187. The zero-order valence-corrected chi connectivity index (χ0v) is 20.2. The van der Waals surface area contributed by atoms with Crippen LogP contribution in [0.5, 0.6) is 11.5 Å². The minimum atomic E-state index is -0.786. The van der Waals surface area contributed by atoms with Gasteiger partial charge in [0.25, 0.3) is 0 Å². The Morgan fingerprint density at radius 3 is 1.82 bits per heavy atom. The summed E-state index contributed by atoms with van der Waals surface area (Å²) in [6.07, 6.45) is -1.15. The van der Waals surface area contributed by atoms with E-state index >= 15 is 0 Å². The van der Waals surface area contributed by atoms with Crippen LogP contribution in [0.2, 0.25) is 0 Å². The summed E-state index contributed by atoms with van der Waals surface area (Å²) in [6.45, 7) is 1.40. The summed E-state index contributed by atoms with van der Waals surface area (Å²) in [7, 11) is 1.00. The van der Waals surface area contributed by atoms with E-state index in [1.807, 2.05) is 24.3 Å². The number of aromatic hydroxyl groups is 2. The van der Waals surface area contributed by atoms with Gasteiger partial charge in [0, 0.05) is 54.3 Å². The number of carbonyl (C=O) groups is 1. The molecule has 3 atom stereocenters. The quantitative estimate of drug-likeness (QED) is 0.314. The number of ether oxygens (including phenoxy) is 1. The van der Waals surface area contributed by atoms with Crippen molar-refractivity contribution in [2.45, 2.75) is 41.1 Å². The molecule has 2 aromatic carbocycles. The Hall–Kier alpha value is -1.95. The molecule has 182 valence electrons. The molecule has 1 aliphatic heterocycles. The number of hydrogen-bond donors (Lipinski definition) is 5. The maximum atomic E-state index is 11.6. The molecule has 1 amide bonds. The number of thioether (sulfide) groups is 2. The minimum Gasteiger partial charge on any atom is -0.508 e. The van der Waals surface area contributed by atoms with Crippen molar-refractivity contribution in [2.75, 3.05) is 31.7 Å². The number of aliphatic hydroxyl groups is 2. The molecule has 1 fully saturated rings. The number of primary amides is 1. The molecule has 1 aliphatic rings. The lowest BCUT2D eigenvalue weighted by molar-refractivity contribution is -0.170. The highest BCUT2D eigenvalue weighted by Gasteiger charge is 2.34. The van der Waals surface area contributed by atoms with Gasteiger partial charge in [-0.2, -0.15) is 0 Å². The van der Waals surface area contributed by atoms with E-state index in [-0.39, 0.29) is 24.1 Å². The molecule has 0 aliphatic carbocycles. The highest BCUT2D eigenvalue weighted by atomic mass is 32.2. The molecule has 0 spiro atoms. The van der Waals surface area contributed by atoms with Gasteiger partial charge in [0.2, 0.25) is 5.91 Å². The molecule has 1 saturated heterocycles. The summed E-state index contributed by atoms with van der Waals surface area (Å²) in [5.74, 6) is 1.48. The van der Waals surface area contributed by atoms with Crippen LogP contribution in [0.1, 0.15) is 12.8 Å². The van der Waals surface area contributed by atoms with Crippen molar-refractivity contribution in [3.63, 3.8) is 0 Å². The summed E-state index contributed by atoms with van der Waals surface area (Å²) in [4.78, 5) is 15.9. The normalized spacial score (nSPS) is 20.2. The third kappa shape index (κ3) is 9.44. The molecule has 0 saturated carbocycles. The van der Waals surface area contributed by atoms with Gasteiger partial charge in [-0.15, -0.1) is 23.5 Å². The van der Waals surface area contributed by atoms with Gasteiger partial charge in [-0.1, -0.05) is 0 Å². The minimum absolute atomic E-state index is 0.226. The molecule has 2 aromatic rings. The molecular formula is C23H32N2O6S2. The Morgan fingerprint density at radius 1 is 0.939 bits per heavy atom. The third-order valence-corrected chi connectivity index (χ3v) is 6.96. The van der Waals surface area contributed by atoms with E-state index in [1.54, 1.807) is 47.8 Å². The molecule has 0 bridgehead atoms. The van der Waals surface area contributed by atoms with Gasteiger partial charge in [-0.3, -0.25) is 9.69 Å². The molecule has 3 rings (SSSR count). The predicted molar refractivity (Wildman–Crippen MR) is 130 cm³/mol. The lowest BCUT2D eigenvalue weighted by Crippen LogP contribution is -2.51. The molecule has 0 aromatic heterocycles. The van der Waals surface area contributed by atoms with Gasteiger partial charge >= 0.3 is 0 Å². The van der Waals surface area contributed by atoms with Crippen molar-refractivity contribution >= 4 is 29.4 Å². The van der Waals surface area contributed by atoms with E-state index in [4.69, 9.17) is 15.6 Å². The lowest BCUT2D eigenvalue weighted by Gasteiger charge is -2.38. The van der Waals surface area contributed by atoms with Crippen LogP contribution in [0.4, 0.5) is 0 Å². The first kappa shape index (κ1) is 27.3. The standard InChI is InChI=1S/C22H28N2O5S2.CH4O/c23-22(28)20-13-17(27)14-21(29-20)24(9-11-30-18-5-1-15(25)2-6-18)10-12-31-19-7-3-16(26)4-8-19;1-2/h1-8,17,20-21,25-27H,9-14H2,(H2,23,28);2H,1H3. The van der Waals surface area contributed by atoms with E-state index in [0.29, 0.717) is 19.5 Å². The third-order valence-electron chi connectivity index (χ3n) is 4.97. The van der Waals surface area contributed by atoms with Crippen LogP contribution < -0.4 is 5.73 Å². The van der Waals surface area contributed by atoms with Crippen LogP contribution in [-0.4, -0.2) is 81.4 Å². The van der Waals surface area contributed by atoms with E-state index < -0.39 is 18.1 Å². The number of nitrogens with zero attached hydrogens (tertiary/aromatic N) is 1. The fraction of sp³-hybridized carbons (Fsp3) is 0.435. The van der Waals surface area contributed by atoms with Crippen LogP contribution in [0.3, 0.4) is 0 Å². The number of hydrogen-bond acceptors (Lipinski definition) is 9. The fourth-order valence-corrected chi connectivity index (χ4v) is 5.12. The van der Waals surface area contributed by atoms with Crippen molar-refractivity contribution in [3.05, 3.63) is 48.5 Å². The number of nitrogens with two attached hydrogens (primary N) is 1. The second kappa shape index (κ2) is 14.3. The first-order valence-corrected chi connectivity index (χ1v) is 12.5. The molecule has 3 unspecified atom stereocenters. The summed E-state index contributed by atoms with van der Waals surface area (Å²) < 4.78 is 5.92. The van der Waals surface area contributed by atoms with E-state index in [9.17, 15) is 20.1 Å². The summed E-state index contributed by atoms with van der Waals surface area (Å²) in [5.41, 5.74) is 5.43. The molecule has 8 nitrogen and oxygen atoms in total. The van der Waals surface area contributed by atoms with Crippen molar-refractivity contribution < 1.29 is 30.0 Å². The Labute approximate surface area is 202 Å². The smallest absolute Gasteiger partial charge is 0.246 e. The van der Waals surface area contributed by atoms with Crippen LogP contribution in [0.25, 0.3) is 0 Å². The van der Waals surface area contributed by atoms with Crippen molar-refractivity contribution in [1.82, 2.24) is 4.90 Å². The molecule has 6 N–H and O–H groups in total. The van der Waals surface area contributed by atoms with Crippen LogP contribution >= 0.6 is 23.5 Å². The first-order valence-electron chi connectivity index (χ1n) is 10.6. The van der Waals surface area contributed by atoms with E-state index in [1.165, 1.54) is 0 Å². The second-order valence-electron chi connectivity index (χ2n) is 7.33. The van der Waals surface area contributed by atoms with Crippen molar-refractivity contribution in [3.8, 4) is 11.5 Å². The average Bonchev–Trinajstić information content (AvgIpc) is 2.81. The number of rotatable bonds is 10. The molecule has 0 radical (unpaired) electrons. The largest absolute Gasteiger partial charge is 0.508 e. The highest BCUT2D eigenvalue weighted by Crippen LogP contribution is 2.26. The summed E-state index contributed by atoms with van der Waals surface area (Å²) in [5, 5.41) is 36.1. The predicted octanol–water partition coefficient (Wildman–Crippen LogP) is 2.24. The Kier molecular flexibility index (Phi) is 11.9. The number of phenols is 2. The van der Waals surface area contributed by atoms with Gasteiger partial charge in [0.1, 0.15) is 23.8 Å². The van der Waals surface area contributed by atoms with Crippen molar-refractivity contribution in [2.24, 2.45) is 5.73 Å². The van der Waals surface area contributed by atoms with Gasteiger partial charge < -0.3 is 30.9 Å². The van der Waals surface area contributed by atoms with Crippen molar-refractivity contribution in [1.29, 1.82) is 0 Å². The molecular weight excluding hydrogens is 464 g/mol. The maximum absolute atomic E-state index is 11.6. The number of phenolic OH excluding ortho intramolecular Hbond substituents is 2. The first-order chi connectivity index (χ1) is 15.9. The monoisotopic (exact) mass is 496 g/mol. The lowest BCUT2D eigenvalue weighted by atomic mass is 10.0. The number of carbonyl (C=O) groups excluding carboxylic acids is 1. The van der Waals surface area contributed by atoms with E-state index in [0.717, 1.165) is 28.4 Å². The second-order valence-corrected chi connectivity index (χ2v) is 9.66. The highest BCUT2D eigenvalue weighted by molar-refractivity contribution is 7.99. The Morgan fingerprint density at radius 2 is 1.39 bits per heavy atom. The average molecular weight is 497 g/mol. The van der Waals surface area contributed by atoms with Gasteiger partial charge in [-0.25, -0.2) is 0 Å². The Bertz CT molecular complexity index is 786. The summed E-state index contributed by atoms with van der Waals surface area (Å²) in [6, 6.07) is 14.1.